The Hall–Kier alpha value is -0.0931. The van der Waals surface area contributed by atoms with E-state index in [9.17, 15) is 35.1 Å². The Balaban J connectivity index is 4.46. The van der Waals surface area contributed by atoms with Crippen molar-refractivity contribution in [2.24, 2.45) is 0 Å². The number of rotatable bonds is 10. The summed E-state index contributed by atoms with van der Waals surface area (Å²) in [5.74, 6) is -15.5. The summed E-state index contributed by atoms with van der Waals surface area (Å²) >= 11 is 5.94. The second-order valence-electron chi connectivity index (χ2n) is 5.52. The Labute approximate surface area is 128 Å². The summed E-state index contributed by atoms with van der Waals surface area (Å²) in [5, 5.41) is 0. The van der Waals surface area contributed by atoms with Crippen molar-refractivity contribution in [3.05, 3.63) is 0 Å². The third kappa shape index (κ3) is 7.45. The van der Waals surface area contributed by atoms with Gasteiger partial charge in [-0.25, -0.2) is 17.6 Å². The first-order valence-corrected chi connectivity index (χ1v) is 10.5. The molecule has 0 aliphatic heterocycles. The summed E-state index contributed by atoms with van der Waals surface area (Å²) in [5.41, 5.74) is 0. The van der Waals surface area contributed by atoms with Crippen LogP contribution >= 0.6 is 11.1 Å². The SMILES string of the molecule is C[Si](C)(Cl)CCCOCC(F)(F)C(F)(F)CC(F)(F)C(F)F. The maximum Gasteiger partial charge on any atom is 0.333 e. The maximum absolute atomic E-state index is 13.2. The highest BCUT2D eigenvalue weighted by Crippen LogP contribution is 2.43. The lowest BCUT2D eigenvalue weighted by atomic mass is 10.0. The summed E-state index contributed by atoms with van der Waals surface area (Å²) in [4.78, 5) is 0. The molecule has 0 rings (SSSR count). The fourth-order valence-corrected chi connectivity index (χ4v) is 2.79. The van der Waals surface area contributed by atoms with E-state index in [4.69, 9.17) is 11.1 Å². The molecule has 0 aliphatic carbocycles. The molecule has 22 heavy (non-hydrogen) atoms. The van der Waals surface area contributed by atoms with Crippen LogP contribution in [-0.2, 0) is 4.74 Å². The first-order chi connectivity index (χ1) is 9.61. The van der Waals surface area contributed by atoms with Gasteiger partial charge in [0.25, 0.3) is 0 Å². The van der Waals surface area contributed by atoms with Crippen molar-refractivity contribution in [2.75, 3.05) is 13.2 Å². The lowest BCUT2D eigenvalue weighted by Gasteiger charge is -2.29. The van der Waals surface area contributed by atoms with Gasteiger partial charge in [-0.3, -0.25) is 0 Å². The van der Waals surface area contributed by atoms with Crippen LogP contribution in [0.25, 0.3) is 0 Å². The van der Waals surface area contributed by atoms with Gasteiger partial charge in [-0.2, -0.15) is 28.6 Å². The minimum Gasteiger partial charge on any atom is -0.375 e. The topological polar surface area (TPSA) is 9.23 Å². The van der Waals surface area contributed by atoms with Crippen LogP contribution in [0.5, 0.6) is 0 Å². The van der Waals surface area contributed by atoms with Gasteiger partial charge in [0, 0.05) is 6.61 Å². The van der Waals surface area contributed by atoms with Crippen LogP contribution in [0.2, 0.25) is 19.1 Å². The molecule has 0 fully saturated rings. The second-order valence-corrected chi connectivity index (χ2v) is 12.5. The number of ether oxygens (including phenoxy) is 1. The zero-order chi connectivity index (χ0) is 17.8. The Morgan fingerprint density at radius 1 is 1.00 bits per heavy atom. The van der Waals surface area contributed by atoms with Crippen molar-refractivity contribution >= 4 is 18.5 Å². The van der Waals surface area contributed by atoms with Gasteiger partial charge in [0.15, 0.2) is 7.38 Å². The third-order valence-corrected chi connectivity index (χ3v) is 4.76. The molecule has 0 saturated carbocycles. The Morgan fingerprint density at radius 2 is 1.50 bits per heavy atom. The van der Waals surface area contributed by atoms with E-state index in [2.05, 4.69) is 4.74 Å². The molecule has 0 aromatic carbocycles. The van der Waals surface area contributed by atoms with Crippen molar-refractivity contribution in [2.45, 2.75) is 56.2 Å². The van der Waals surface area contributed by atoms with Crippen LogP contribution in [0.4, 0.5) is 35.1 Å². The maximum atomic E-state index is 13.2. The molecule has 11 heteroatoms. The van der Waals surface area contributed by atoms with E-state index in [0.29, 0.717) is 6.04 Å². The minimum absolute atomic E-state index is 0.248. The van der Waals surface area contributed by atoms with Crippen LogP contribution in [0, 0.1) is 0 Å². The first-order valence-electron chi connectivity index (χ1n) is 6.29. The van der Waals surface area contributed by atoms with E-state index in [1.165, 1.54) is 0 Å². The van der Waals surface area contributed by atoms with Crippen LogP contribution in [0.3, 0.4) is 0 Å². The Morgan fingerprint density at radius 3 is 1.91 bits per heavy atom. The predicted octanol–water partition coefficient (Wildman–Crippen LogP) is 5.40. The standard InChI is InChI=1S/C11H17ClF8OSi/c1-22(2,12)5-3-4-21-7-11(19,20)10(17,18)6-9(15,16)8(13)14/h8H,3-7H2,1-2H3. The highest BCUT2D eigenvalue weighted by Gasteiger charge is 2.62. The van der Waals surface area contributed by atoms with Gasteiger partial charge < -0.3 is 4.74 Å². The normalized spacial score (nSPS) is 14.7. The minimum atomic E-state index is -5.31. The molecular weight excluding hydrogens is 364 g/mol. The zero-order valence-electron chi connectivity index (χ0n) is 11.9. The lowest BCUT2D eigenvalue weighted by Crippen LogP contribution is -2.49. The highest BCUT2D eigenvalue weighted by molar-refractivity contribution is 7.19. The molecule has 0 atom stereocenters. The average Bonchev–Trinajstić information content (AvgIpc) is 2.24. The Bertz CT molecular complexity index is 345. The van der Waals surface area contributed by atoms with E-state index in [-0.39, 0.29) is 13.0 Å². The molecule has 0 bridgehead atoms. The quantitative estimate of drug-likeness (QED) is 0.213. The summed E-state index contributed by atoms with van der Waals surface area (Å²) in [6.07, 6.45) is -7.15. The molecular formula is C11H17ClF8OSi. The molecule has 0 spiro atoms. The van der Waals surface area contributed by atoms with E-state index < -0.39 is 44.6 Å². The smallest absolute Gasteiger partial charge is 0.333 e. The van der Waals surface area contributed by atoms with Crippen molar-refractivity contribution in [3.8, 4) is 0 Å². The van der Waals surface area contributed by atoms with Gasteiger partial charge in [-0.1, -0.05) is 13.1 Å². The number of alkyl halides is 8. The van der Waals surface area contributed by atoms with E-state index in [0.717, 1.165) is 0 Å². The second kappa shape index (κ2) is 7.65. The third-order valence-electron chi connectivity index (χ3n) is 2.66. The number of halogens is 9. The molecule has 0 aromatic heterocycles. The summed E-state index contributed by atoms with van der Waals surface area (Å²) in [6.45, 7) is 1.43. The van der Waals surface area contributed by atoms with Gasteiger partial charge in [0.05, 0.1) is 6.42 Å². The molecule has 134 valence electrons. The fourth-order valence-electron chi connectivity index (χ4n) is 1.40. The highest BCUT2D eigenvalue weighted by atomic mass is 35.6. The predicted molar refractivity (Wildman–Crippen MR) is 69.0 cm³/mol. The zero-order valence-corrected chi connectivity index (χ0v) is 13.7. The van der Waals surface area contributed by atoms with Gasteiger partial charge >= 0.3 is 24.2 Å². The monoisotopic (exact) mass is 380 g/mol. The van der Waals surface area contributed by atoms with E-state index >= 15 is 0 Å². The molecule has 0 amide bonds. The van der Waals surface area contributed by atoms with Crippen molar-refractivity contribution in [1.29, 1.82) is 0 Å². The van der Waals surface area contributed by atoms with E-state index in [1.54, 1.807) is 13.1 Å². The largest absolute Gasteiger partial charge is 0.375 e. The summed E-state index contributed by atoms with van der Waals surface area (Å²) in [6, 6.07) is 0.486. The lowest BCUT2D eigenvalue weighted by molar-refractivity contribution is -0.269. The Kier molecular flexibility index (Phi) is 7.62. The van der Waals surface area contributed by atoms with Crippen LogP contribution in [0.1, 0.15) is 12.8 Å². The fraction of sp³-hybridized carbons (Fsp3) is 1.00. The van der Waals surface area contributed by atoms with Crippen molar-refractivity contribution in [1.82, 2.24) is 0 Å². The molecule has 0 aromatic rings. The average molecular weight is 381 g/mol. The van der Waals surface area contributed by atoms with Gasteiger partial charge in [-0.05, 0) is 12.5 Å². The molecule has 0 unspecified atom stereocenters. The summed E-state index contributed by atoms with van der Waals surface area (Å²) < 4.78 is 106. The van der Waals surface area contributed by atoms with E-state index in [1.807, 2.05) is 0 Å². The molecule has 0 saturated heterocycles. The van der Waals surface area contributed by atoms with Crippen molar-refractivity contribution < 1.29 is 39.9 Å². The molecule has 0 radical (unpaired) electrons. The van der Waals surface area contributed by atoms with Crippen LogP contribution < -0.4 is 0 Å². The van der Waals surface area contributed by atoms with Gasteiger partial charge in [0.1, 0.15) is 6.61 Å². The number of hydrogen-bond acceptors (Lipinski definition) is 1. The van der Waals surface area contributed by atoms with Crippen molar-refractivity contribution in [3.63, 3.8) is 0 Å². The molecule has 0 aliphatic rings. The van der Waals surface area contributed by atoms with Gasteiger partial charge in [0.2, 0.25) is 0 Å². The van der Waals surface area contributed by atoms with Gasteiger partial charge in [-0.15, -0.1) is 0 Å². The molecule has 0 heterocycles. The molecule has 1 nitrogen and oxygen atoms in total. The number of hydrogen-bond donors (Lipinski definition) is 0. The van der Waals surface area contributed by atoms with Crippen LogP contribution in [0.15, 0.2) is 0 Å². The van der Waals surface area contributed by atoms with Crippen LogP contribution in [-0.4, -0.2) is 44.8 Å². The first kappa shape index (κ1) is 21.9. The molecule has 0 N–H and O–H groups in total. The summed E-state index contributed by atoms with van der Waals surface area (Å²) in [7, 11) is -1.96.